The molecule has 2 amide bonds. The van der Waals surface area contributed by atoms with Crippen LogP contribution in [0.15, 0.2) is 24.3 Å². The van der Waals surface area contributed by atoms with Crippen LogP contribution in [0.4, 0.5) is 9.18 Å². The van der Waals surface area contributed by atoms with Gasteiger partial charge < -0.3 is 20.6 Å². The molecule has 0 bridgehead atoms. The van der Waals surface area contributed by atoms with Gasteiger partial charge in [0.25, 0.3) is 0 Å². The quantitative estimate of drug-likeness (QED) is 0.662. The summed E-state index contributed by atoms with van der Waals surface area (Å²) in [5, 5.41) is 15.4. The van der Waals surface area contributed by atoms with E-state index in [2.05, 4.69) is 29.4 Å². The minimum atomic E-state index is -0.845. The van der Waals surface area contributed by atoms with Gasteiger partial charge in [-0.15, -0.1) is 0 Å². The second-order valence-electron chi connectivity index (χ2n) is 7.26. The summed E-state index contributed by atoms with van der Waals surface area (Å²) in [4.78, 5) is 14.3. The normalized spacial score (nSPS) is 22.4. The molecule has 5 nitrogen and oxygen atoms in total. The van der Waals surface area contributed by atoms with Crippen molar-refractivity contribution < 1.29 is 14.3 Å². The minimum absolute atomic E-state index is 0.0959. The Kier molecular flexibility index (Phi) is 7.65. The molecular formula is C19H30FN3O2. The van der Waals surface area contributed by atoms with Crippen molar-refractivity contribution in [1.29, 1.82) is 0 Å². The van der Waals surface area contributed by atoms with Gasteiger partial charge in [0.15, 0.2) is 0 Å². The van der Waals surface area contributed by atoms with Crippen LogP contribution < -0.4 is 10.6 Å². The minimum Gasteiger partial charge on any atom is -0.387 e. The fraction of sp³-hybridized carbons (Fsp3) is 0.632. The van der Waals surface area contributed by atoms with Crippen molar-refractivity contribution in [2.45, 2.75) is 32.8 Å². The smallest absolute Gasteiger partial charge is 0.314 e. The highest BCUT2D eigenvalue weighted by atomic mass is 19.1. The van der Waals surface area contributed by atoms with Crippen molar-refractivity contribution in [3.8, 4) is 0 Å². The summed E-state index contributed by atoms with van der Waals surface area (Å²) in [5.41, 5.74) is 0.579. The van der Waals surface area contributed by atoms with Crippen molar-refractivity contribution in [1.82, 2.24) is 15.5 Å². The molecule has 1 aliphatic heterocycles. The summed E-state index contributed by atoms with van der Waals surface area (Å²) in [7, 11) is 0. The third-order valence-electron chi connectivity index (χ3n) is 4.59. The maximum Gasteiger partial charge on any atom is 0.314 e. The number of hydrogen-bond donors (Lipinski definition) is 3. The third-order valence-corrected chi connectivity index (χ3v) is 4.59. The number of hydrogen-bond acceptors (Lipinski definition) is 3. The predicted molar refractivity (Wildman–Crippen MR) is 96.8 cm³/mol. The summed E-state index contributed by atoms with van der Waals surface area (Å²) in [6.07, 6.45) is 1.36. The number of benzene rings is 1. The van der Waals surface area contributed by atoms with Crippen LogP contribution in [0.1, 0.15) is 38.4 Å². The first-order chi connectivity index (χ1) is 11.9. The van der Waals surface area contributed by atoms with Crippen LogP contribution >= 0.6 is 0 Å². The Hall–Kier alpha value is -1.66. The first kappa shape index (κ1) is 19.7. The second-order valence-corrected chi connectivity index (χ2v) is 7.26. The van der Waals surface area contributed by atoms with E-state index >= 15 is 0 Å². The number of likely N-dealkylation sites (tertiary alicyclic amines) is 1. The molecule has 0 aromatic heterocycles. The van der Waals surface area contributed by atoms with E-state index in [0.29, 0.717) is 12.1 Å². The van der Waals surface area contributed by atoms with Crippen molar-refractivity contribution in [3.63, 3.8) is 0 Å². The summed E-state index contributed by atoms with van der Waals surface area (Å²) < 4.78 is 12.8. The number of amides is 2. The van der Waals surface area contributed by atoms with Crippen LogP contribution in [0.25, 0.3) is 0 Å². The predicted octanol–water partition coefficient (Wildman–Crippen LogP) is 2.53. The largest absolute Gasteiger partial charge is 0.387 e. The van der Waals surface area contributed by atoms with Crippen LogP contribution in [-0.4, -0.2) is 48.8 Å². The van der Waals surface area contributed by atoms with Gasteiger partial charge in [0.1, 0.15) is 5.82 Å². The van der Waals surface area contributed by atoms with Gasteiger partial charge in [-0.25, -0.2) is 9.18 Å². The lowest BCUT2D eigenvalue weighted by atomic mass is 9.92. The van der Waals surface area contributed by atoms with E-state index in [1.807, 2.05) is 0 Å². The van der Waals surface area contributed by atoms with Crippen LogP contribution in [0.3, 0.4) is 0 Å². The van der Waals surface area contributed by atoms with Crippen LogP contribution in [0.5, 0.6) is 0 Å². The highest BCUT2D eigenvalue weighted by Gasteiger charge is 2.21. The average Bonchev–Trinajstić information content (AvgIpc) is 2.56. The number of aliphatic hydroxyl groups is 1. The Labute approximate surface area is 149 Å². The van der Waals surface area contributed by atoms with E-state index in [1.165, 1.54) is 30.7 Å². The average molecular weight is 351 g/mol. The molecule has 25 heavy (non-hydrogen) atoms. The number of nitrogens with one attached hydrogen (secondary N) is 2. The zero-order valence-corrected chi connectivity index (χ0v) is 15.2. The van der Waals surface area contributed by atoms with Gasteiger partial charge in [-0.1, -0.05) is 26.0 Å². The molecule has 0 saturated carbocycles. The summed E-state index contributed by atoms with van der Waals surface area (Å²) >= 11 is 0. The summed E-state index contributed by atoms with van der Waals surface area (Å²) in [5.74, 6) is 1.14. The third kappa shape index (κ3) is 7.00. The number of carbonyl (C=O) groups excluding carboxylic acids is 1. The Balaban J connectivity index is 1.58. The highest BCUT2D eigenvalue weighted by molar-refractivity contribution is 5.73. The monoisotopic (exact) mass is 351 g/mol. The Morgan fingerprint density at radius 3 is 2.52 bits per heavy atom. The van der Waals surface area contributed by atoms with Crippen LogP contribution in [0.2, 0.25) is 0 Å². The number of urea groups is 1. The van der Waals surface area contributed by atoms with Gasteiger partial charge in [-0.3, -0.25) is 0 Å². The second kappa shape index (κ2) is 9.73. The zero-order chi connectivity index (χ0) is 18.2. The fourth-order valence-electron chi connectivity index (χ4n) is 3.53. The Bertz CT molecular complexity index is 528. The summed E-state index contributed by atoms with van der Waals surface area (Å²) in [6, 6.07) is 5.32. The molecule has 1 aromatic carbocycles. The van der Waals surface area contributed by atoms with Crippen molar-refractivity contribution in [2.24, 2.45) is 11.8 Å². The maximum atomic E-state index is 12.8. The van der Waals surface area contributed by atoms with Crippen LogP contribution in [0, 0.1) is 17.7 Å². The first-order valence-electron chi connectivity index (χ1n) is 9.11. The van der Waals surface area contributed by atoms with E-state index in [9.17, 15) is 14.3 Å². The molecule has 1 fully saturated rings. The zero-order valence-electron chi connectivity index (χ0n) is 15.2. The molecule has 0 radical (unpaired) electrons. The van der Waals surface area contributed by atoms with E-state index < -0.39 is 6.10 Å². The molecule has 6 heteroatoms. The molecule has 1 saturated heterocycles. The first-order valence-corrected chi connectivity index (χ1v) is 9.11. The fourth-order valence-corrected chi connectivity index (χ4v) is 3.53. The van der Waals surface area contributed by atoms with Gasteiger partial charge >= 0.3 is 6.03 Å². The molecule has 3 atom stereocenters. The standard InChI is InChI=1S/C19H30FN3O2/c1-14-10-15(2)13-23(12-14)9-3-8-21-19(25)22-11-18(24)16-4-6-17(20)7-5-16/h4-7,14-15,18,24H,3,8-13H2,1-2H3,(H2,21,22,25). The van der Waals surface area contributed by atoms with E-state index in [-0.39, 0.29) is 18.4 Å². The van der Waals surface area contributed by atoms with E-state index in [0.717, 1.165) is 37.9 Å². The molecule has 3 unspecified atom stereocenters. The lowest BCUT2D eigenvalue weighted by Crippen LogP contribution is -2.41. The lowest BCUT2D eigenvalue weighted by molar-refractivity contribution is 0.139. The molecule has 3 N–H and O–H groups in total. The molecule has 1 aliphatic rings. The molecule has 2 rings (SSSR count). The SMILES string of the molecule is CC1CC(C)CN(CCCNC(=O)NCC(O)c2ccc(F)cc2)C1. The van der Waals surface area contributed by atoms with Crippen LogP contribution in [-0.2, 0) is 0 Å². The lowest BCUT2D eigenvalue weighted by Gasteiger charge is -2.34. The highest BCUT2D eigenvalue weighted by Crippen LogP contribution is 2.20. The topological polar surface area (TPSA) is 64.6 Å². The number of piperidine rings is 1. The number of nitrogens with zero attached hydrogens (tertiary/aromatic N) is 1. The van der Waals surface area contributed by atoms with Gasteiger partial charge in [-0.2, -0.15) is 0 Å². The summed E-state index contributed by atoms with van der Waals surface area (Å²) in [6.45, 7) is 8.56. The van der Waals surface area contributed by atoms with Gasteiger partial charge in [0, 0.05) is 26.2 Å². The molecule has 1 aromatic rings. The van der Waals surface area contributed by atoms with Crippen molar-refractivity contribution in [2.75, 3.05) is 32.7 Å². The molecule has 1 heterocycles. The van der Waals surface area contributed by atoms with Gasteiger partial charge in [-0.05, 0) is 48.9 Å². The maximum absolute atomic E-state index is 12.8. The number of rotatable bonds is 7. The number of halogens is 1. The molecular weight excluding hydrogens is 321 g/mol. The Morgan fingerprint density at radius 2 is 1.88 bits per heavy atom. The van der Waals surface area contributed by atoms with Gasteiger partial charge in [0.2, 0.25) is 0 Å². The van der Waals surface area contributed by atoms with E-state index in [4.69, 9.17) is 0 Å². The molecule has 140 valence electrons. The number of carbonyl (C=O) groups is 1. The van der Waals surface area contributed by atoms with Crippen molar-refractivity contribution >= 4 is 6.03 Å². The van der Waals surface area contributed by atoms with Gasteiger partial charge in [0.05, 0.1) is 6.10 Å². The molecule has 0 aliphatic carbocycles. The number of aliphatic hydroxyl groups excluding tert-OH is 1. The Morgan fingerprint density at radius 1 is 1.24 bits per heavy atom. The van der Waals surface area contributed by atoms with E-state index in [1.54, 1.807) is 0 Å². The van der Waals surface area contributed by atoms with Crippen molar-refractivity contribution in [3.05, 3.63) is 35.6 Å². The molecule has 0 spiro atoms.